The third kappa shape index (κ3) is 4.96. The third-order valence-electron chi connectivity index (χ3n) is 3.35. The van der Waals surface area contributed by atoms with Gasteiger partial charge in [-0.25, -0.2) is 9.59 Å². The first-order valence-electron chi connectivity index (χ1n) is 7.73. The van der Waals surface area contributed by atoms with Gasteiger partial charge < -0.3 is 14.2 Å². The van der Waals surface area contributed by atoms with Gasteiger partial charge in [0.1, 0.15) is 5.76 Å². The van der Waals surface area contributed by atoms with Crippen molar-refractivity contribution in [3.63, 3.8) is 0 Å². The molecule has 0 amide bonds. The molecule has 0 radical (unpaired) electrons. The number of esters is 2. The van der Waals surface area contributed by atoms with Crippen LogP contribution in [0.5, 0.6) is 0 Å². The van der Waals surface area contributed by atoms with Gasteiger partial charge in [-0.3, -0.25) is 0 Å². The summed E-state index contributed by atoms with van der Waals surface area (Å²) in [4.78, 5) is 23.7. The second kappa shape index (κ2) is 8.68. The van der Waals surface area contributed by atoms with Crippen LogP contribution in [0.15, 0.2) is 52.4 Å². The molecule has 24 heavy (non-hydrogen) atoms. The van der Waals surface area contributed by atoms with Crippen LogP contribution in [0.3, 0.4) is 0 Å². The predicted octanol–water partition coefficient (Wildman–Crippen LogP) is 3.85. The number of benzene rings is 1. The molecule has 1 aromatic carbocycles. The fourth-order valence-corrected chi connectivity index (χ4v) is 2.58. The summed E-state index contributed by atoms with van der Waals surface area (Å²) in [5, 5.41) is 0. The van der Waals surface area contributed by atoms with E-state index in [1.807, 2.05) is 24.3 Å². The molecule has 0 N–H and O–H groups in total. The van der Waals surface area contributed by atoms with Crippen LogP contribution in [0, 0.1) is 0 Å². The van der Waals surface area contributed by atoms with E-state index in [9.17, 15) is 9.59 Å². The average Bonchev–Trinajstić information content (AvgIpc) is 2.55. The van der Waals surface area contributed by atoms with E-state index in [0.29, 0.717) is 12.2 Å². The number of ether oxygens (including phenoxy) is 3. The van der Waals surface area contributed by atoms with E-state index in [1.165, 1.54) is 6.08 Å². The van der Waals surface area contributed by atoms with Gasteiger partial charge in [0.25, 0.3) is 0 Å². The van der Waals surface area contributed by atoms with Gasteiger partial charge in [0.2, 0.25) is 5.76 Å². The summed E-state index contributed by atoms with van der Waals surface area (Å²) in [5.74, 6) is -0.661. The molecular formula is C18H19BrO5. The molecule has 1 aromatic rings. The Balaban J connectivity index is 2.30. The lowest BCUT2D eigenvalue weighted by atomic mass is 9.92. The Kier molecular flexibility index (Phi) is 6.61. The lowest BCUT2D eigenvalue weighted by Gasteiger charge is -2.23. The van der Waals surface area contributed by atoms with Gasteiger partial charge in [-0.15, -0.1) is 0 Å². The summed E-state index contributed by atoms with van der Waals surface area (Å²) in [6.45, 7) is 3.98. The summed E-state index contributed by atoms with van der Waals surface area (Å²) in [7, 11) is 0. The van der Waals surface area contributed by atoms with Gasteiger partial charge in [-0.2, -0.15) is 0 Å². The van der Waals surface area contributed by atoms with Gasteiger partial charge in [-0.1, -0.05) is 28.1 Å². The van der Waals surface area contributed by atoms with Crippen LogP contribution in [-0.2, 0) is 23.8 Å². The lowest BCUT2D eigenvalue weighted by Crippen LogP contribution is -2.17. The van der Waals surface area contributed by atoms with E-state index in [2.05, 4.69) is 15.9 Å². The molecular weight excluding hydrogens is 376 g/mol. The first kappa shape index (κ1) is 18.3. The van der Waals surface area contributed by atoms with Gasteiger partial charge in [-0.05, 0) is 37.6 Å². The van der Waals surface area contributed by atoms with Gasteiger partial charge in [0.15, 0.2) is 0 Å². The lowest BCUT2D eigenvalue weighted by molar-refractivity contribution is -0.142. The third-order valence-corrected chi connectivity index (χ3v) is 3.88. The van der Waals surface area contributed by atoms with Crippen LogP contribution in [0.4, 0.5) is 0 Å². The van der Waals surface area contributed by atoms with Crippen molar-refractivity contribution in [1.82, 2.24) is 0 Å². The largest absolute Gasteiger partial charge is 0.463 e. The zero-order valence-corrected chi connectivity index (χ0v) is 15.2. The number of rotatable bonds is 5. The number of carbonyl (C=O) groups excluding carboxylic acids is 2. The molecule has 0 aliphatic carbocycles. The Morgan fingerprint density at radius 2 is 1.88 bits per heavy atom. The van der Waals surface area contributed by atoms with Crippen LogP contribution in [0.25, 0.3) is 0 Å². The standard InChI is InChI=1S/C18H19BrO5/c1-3-22-17(20)11-15-9-13(12-5-7-14(19)8-6-12)10-16(24-15)18(21)23-4-2/h5-8,10-11,13H,3-4,9H2,1-2H3/b15-11+. The highest BCUT2D eigenvalue weighted by molar-refractivity contribution is 9.10. The number of hydrogen-bond donors (Lipinski definition) is 0. The molecule has 6 heteroatoms. The molecule has 0 saturated carbocycles. The molecule has 1 aliphatic heterocycles. The van der Waals surface area contributed by atoms with Crippen molar-refractivity contribution in [2.75, 3.05) is 13.2 Å². The monoisotopic (exact) mass is 394 g/mol. The molecule has 1 unspecified atom stereocenters. The summed E-state index contributed by atoms with van der Waals surface area (Å²) < 4.78 is 16.4. The maximum Gasteiger partial charge on any atom is 0.373 e. The van der Waals surface area contributed by atoms with Gasteiger partial charge in [0, 0.05) is 16.8 Å². The second-order valence-corrected chi connectivity index (χ2v) is 5.99. The van der Waals surface area contributed by atoms with Crippen molar-refractivity contribution in [3.8, 4) is 0 Å². The summed E-state index contributed by atoms with van der Waals surface area (Å²) in [6, 6.07) is 7.78. The van der Waals surface area contributed by atoms with E-state index in [0.717, 1.165) is 10.0 Å². The smallest absolute Gasteiger partial charge is 0.373 e. The molecule has 0 spiro atoms. The van der Waals surface area contributed by atoms with E-state index in [1.54, 1.807) is 19.9 Å². The number of carbonyl (C=O) groups is 2. The van der Waals surface area contributed by atoms with E-state index in [4.69, 9.17) is 14.2 Å². The highest BCUT2D eigenvalue weighted by Gasteiger charge is 2.26. The van der Waals surface area contributed by atoms with Crippen molar-refractivity contribution in [2.45, 2.75) is 26.2 Å². The van der Waals surface area contributed by atoms with Crippen molar-refractivity contribution in [3.05, 3.63) is 58.0 Å². The molecule has 1 atom stereocenters. The number of allylic oxidation sites excluding steroid dienone is 2. The SMILES string of the molecule is CCOC(=O)/C=C1\CC(c2ccc(Br)cc2)C=C(C(=O)OCC)O1. The molecule has 128 valence electrons. The minimum atomic E-state index is -0.547. The Morgan fingerprint density at radius 3 is 2.50 bits per heavy atom. The number of hydrogen-bond acceptors (Lipinski definition) is 5. The van der Waals surface area contributed by atoms with Crippen LogP contribution in [0.1, 0.15) is 31.7 Å². The van der Waals surface area contributed by atoms with Gasteiger partial charge in [0.05, 0.1) is 19.3 Å². The fourth-order valence-electron chi connectivity index (χ4n) is 2.32. The maximum atomic E-state index is 12.0. The van der Waals surface area contributed by atoms with Crippen LogP contribution in [0.2, 0.25) is 0 Å². The summed E-state index contributed by atoms with van der Waals surface area (Å²) in [6.07, 6.45) is 3.47. The molecule has 2 rings (SSSR count). The maximum absolute atomic E-state index is 12.0. The van der Waals surface area contributed by atoms with Crippen LogP contribution < -0.4 is 0 Å². The normalized spacial score (nSPS) is 18.5. The Hall–Kier alpha value is -2.08. The molecule has 1 heterocycles. The molecule has 0 saturated heterocycles. The fraction of sp³-hybridized carbons (Fsp3) is 0.333. The van der Waals surface area contributed by atoms with Crippen molar-refractivity contribution in [1.29, 1.82) is 0 Å². The predicted molar refractivity (Wildman–Crippen MR) is 92.0 cm³/mol. The molecule has 5 nitrogen and oxygen atoms in total. The molecule has 0 aromatic heterocycles. The van der Waals surface area contributed by atoms with E-state index < -0.39 is 11.9 Å². The zero-order valence-electron chi connectivity index (χ0n) is 13.6. The van der Waals surface area contributed by atoms with Crippen LogP contribution >= 0.6 is 15.9 Å². The van der Waals surface area contributed by atoms with E-state index >= 15 is 0 Å². The minimum absolute atomic E-state index is 0.0894. The van der Waals surface area contributed by atoms with E-state index in [-0.39, 0.29) is 24.9 Å². The van der Waals surface area contributed by atoms with Crippen LogP contribution in [-0.4, -0.2) is 25.2 Å². The molecule has 0 bridgehead atoms. The first-order chi connectivity index (χ1) is 11.5. The topological polar surface area (TPSA) is 61.8 Å². The zero-order chi connectivity index (χ0) is 17.5. The average molecular weight is 395 g/mol. The number of halogens is 1. The van der Waals surface area contributed by atoms with Crippen molar-refractivity contribution in [2.24, 2.45) is 0 Å². The Bertz CT molecular complexity index is 660. The quantitative estimate of drug-likeness (QED) is 0.560. The molecule has 0 fully saturated rings. The summed E-state index contributed by atoms with van der Waals surface area (Å²) >= 11 is 3.40. The Morgan fingerprint density at radius 1 is 1.21 bits per heavy atom. The first-order valence-corrected chi connectivity index (χ1v) is 8.52. The van der Waals surface area contributed by atoms with Crippen molar-refractivity contribution >= 4 is 27.9 Å². The molecule has 1 aliphatic rings. The second-order valence-electron chi connectivity index (χ2n) is 5.08. The highest BCUT2D eigenvalue weighted by atomic mass is 79.9. The highest BCUT2D eigenvalue weighted by Crippen LogP contribution is 2.33. The Labute approximate surface area is 149 Å². The minimum Gasteiger partial charge on any atom is -0.463 e. The van der Waals surface area contributed by atoms with Crippen molar-refractivity contribution < 1.29 is 23.8 Å². The summed E-state index contributed by atoms with van der Waals surface area (Å²) in [5.41, 5.74) is 1.01. The van der Waals surface area contributed by atoms with Gasteiger partial charge >= 0.3 is 11.9 Å².